The molecule has 0 atom stereocenters. The second kappa shape index (κ2) is 9.47. The van der Waals surface area contributed by atoms with Gasteiger partial charge in [-0.05, 0) is 58.4 Å². The molecule has 0 saturated carbocycles. The number of furan rings is 1. The highest BCUT2D eigenvalue weighted by atomic mass is 79.9. The van der Waals surface area contributed by atoms with E-state index in [1.807, 2.05) is 0 Å². The highest BCUT2D eigenvalue weighted by molar-refractivity contribution is 9.10. The van der Waals surface area contributed by atoms with E-state index >= 15 is 0 Å². The molecule has 1 aromatic heterocycles. The Bertz CT molecular complexity index is 1130. The largest absolute Gasteiger partial charge is 0.506 e. The molecule has 154 valence electrons. The molecular weight excluding hydrogens is 478 g/mol. The number of nitrogens with one attached hydrogen (secondary N) is 2. The van der Waals surface area contributed by atoms with Crippen LogP contribution >= 0.6 is 27.5 Å². The molecular formula is C20H15BrClN3O5. The summed E-state index contributed by atoms with van der Waals surface area (Å²) in [6, 6.07) is 12.2. The van der Waals surface area contributed by atoms with Crippen LogP contribution in [0.15, 0.2) is 62.7 Å². The third kappa shape index (κ3) is 5.19. The smallest absolute Gasteiger partial charge is 0.291 e. The summed E-state index contributed by atoms with van der Waals surface area (Å²) in [5.74, 6) is -0.444. The highest BCUT2D eigenvalue weighted by Crippen LogP contribution is 2.24. The number of hydrazone groups is 1. The van der Waals surface area contributed by atoms with Gasteiger partial charge in [0.15, 0.2) is 10.4 Å². The standard InChI is InChI=1S/C20H15BrClN3O5/c1-29-17-9-13(24-20(28)16-6-7-18(21)30-16)4-2-12(17)10-23-25-19(27)11-3-5-15(26)14(22)8-11/h2-10,26H,1H3,(H,24,28)(H,25,27). The van der Waals surface area contributed by atoms with Gasteiger partial charge in [-0.25, -0.2) is 5.43 Å². The summed E-state index contributed by atoms with van der Waals surface area (Å²) in [5, 5.41) is 16.1. The van der Waals surface area contributed by atoms with Gasteiger partial charge >= 0.3 is 0 Å². The SMILES string of the molecule is COc1cc(NC(=O)c2ccc(Br)o2)ccc1C=NNC(=O)c1ccc(O)c(Cl)c1. The summed E-state index contributed by atoms with van der Waals surface area (Å²) in [5.41, 5.74) is 3.66. The Balaban J connectivity index is 1.67. The molecule has 0 fully saturated rings. The van der Waals surface area contributed by atoms with Crippen LogP contribution in [0.25, 0.3) is 0 Å². The van der Waals surface area contributed by atoms with Crippen molar-refractivity contribution in [2.75, 3.05) is 12.4 Å². The van der Waals surface area contributed by atoms with Crippen LogP contribution in [0.5, 0.6) is 11.5 Å². The van der Waals surface area contributed by atoms with Gasteiger partial charge in [-0.1, -0.05) is 11.6 Å². The first-order valence-electron chi connectivity index (χ1n) is 8.44. The van der Waals surface area contributed by atoms with Crippen LogP contribution in [0.4, 0.5) is 5.69 Å². The monoisotopic (exact) mass is 491 g/mol. The van der Waals surface area contributed by atoms with Gasteiger partial charge in [-0.2, -0.15) is 5.10 Å². The Kier molecular flexibility index (Phi) is 6.76. The van der Waals surface area contributed by atoms with E-state index in [9.17, 15) is 14.7 Å². The third-order valence-electron chi connectivity index (χ3n) is 3.87. The first-order valence-corrected chi connectivity index (χ1v) is 9.61. The summed E-state index contributed by atoms with van der Waals surface area (Å²) in [6.45, 7) is 0. The number of benzene rings is 2. The molecule has 3 N–H and O–H groups in total. The van der Waals surface area contributed by atoms with Crippen LogP contribution in [0, 0.1) is 0 Å². The van der Waals surface area contributed by atoms with Gasteiger partial charge in [0.25, 0.3) is 11.8 Å². The van der Waals surface area contributed by atoms with E-state index in [0.29, 0.717) is 21.7 Å². The molecule has 0 radical (unpaired) electrons. The number of amides is 2. The lowest BCUT2D eigenvalue weighted by atomic mass is 10.2. The number of nitrogens with zero attached hydrogens (tertiary/aromatic N) is 1. The highest BCUT2D eigenvalue weighted by Gasteiger charge is 2.12. The maximum Gasteiger partial charge on any atom is 0.291 e. The minimum Gasteiger partial charge on any atom is -0.506 e. The van der Waals surface area contributed by atoms with Crippen LogP contribution < -0.4 is 15.5 Å². The number of aromatic hydroxyl groups is 1. The number of phenolic OH excluding ortho intramolecular Hbond substituents is 1. The van der Waals surface area contributed by atoms with E-state index < -0.39 is 11.8 Å². The molecule has 10 heteroatoms. The molecule has 0 bridgehead atoms. The summed E-state index contributed by atoms with van der Waals surface area (Å²) in [6.07, 6.45) is 1.40. The van der Waals surface area contributed by atoms with Crippen LogP contribution in [0.1, 0.15) is 26.5 Å². The van der Waals surface area contributed by atoms with Crippen molar-refractivity contribution in [3.8, 4) is 11.5 Å². The van der Waals surface area contributed by atoms with E-state index in [-0.39, 0.29) is 22.1 Å². The minimum absolute atomic E-state index is 0.0628. The van der Waals surface area contributed by atoms with Gasteiger partial charge in [0.05, 0.1) is 18.3 Å². The average Bonchev–Trinajstić information content (AvgIpc) is 3.17. The van der Waals surface area contributed by atoms with Crippen molar-refractivity contribution in [3.05, 3.63) is 75.1 Å². The lowest BCUT2D eigenvalue weighted by Crippen LogP contribution is -2.17. The Morgan fingerprint density at radius 2 is 1.97 bits per heavy atom. The topological polar surface area (TPSA) is 113 Å². The second-order valence-electron chi connectivity index (χ2n) is 5.88. The molecule has 30 heavy (non-hydrogen) atoms. The third-order valence-corrected chi connectivity index (χ3v) is 4.60. The Morgan fingerprint density at radius 3 is 2.63 bits per heavy atom. The molecule has 0 spiro atoms. The quantitative estimate of drug-likeness (QED) is 0.348. The number of anilines is 1. The first kappa shape index (κ1) is 21.4. The lowest BCUT2D eigenvalue weighted by Gasteiger charge is -2.09. The first-order chi connectivity index (χ1) is 14.4. The molecule has 1 heterocycles. The van der Waals surface area contributed by atoms with Gasteiger partial charge in [0.1, 0.15) is 11.5 Å². The number of hydrogen-bond donors (Lipinski definition) is 3. The molecule has 0 aliphatic rings. The second-order valence-corrected chi connectivity index (χ2v) is 7.07. The van der Waals surface area contributed by atoms with Gasteiger partial charge < -0.3 is 19.6 Å². The molecule has 3 rings (SSSR count). The number of carbonyl (C=O) groups is 2. The normalized spacial score (nSPS) is 10.8. The number of carbonyl (C=O) groups excluding carboxylic acids is 2. The molecule has 0 aliphatic carbocycles. The van der Waals surface area contributed by atoms with Crippen LogP contribution in [-0.2, 0) is 0 Å². The molecule has 3 aromatic rings. The maximum absolute atomic E-state index is 12.2. The van der Waals surface area contributed by atoms with Gasteiger partial charge in [-0.15, -0.1) is 0 Å². The number of hydrogen-bond acceptors (Lipinski definition) is 6. The van der Waals surface area contributed by atoms with Crippen molar-refractivity contribution in [1.82, 2.24) is 5.43 Å². The van der Waals surface area contributed by atoms with Gasteiger partial charge in [0, 0.05) is 22.9 Å². The fourth-order valence-corrected chi connectivity index (χ4v) is 2.88. The molecule has 0 saturated heterocycles. The van der Waals surface area contributed by atoms with Crippen LogP contribution in [0.2, 0.25) is 5.02 Å². The van der Waals surface area contributed by atoms with Crippen molar-refractivity contribution < 1.29 is 23.8 Å². The zero-order valence-corrected chi connectivity index (χ0v) is 17.8. The van der Waals surface area contributed by atoms with E-state index in [4.69, 9.17) is 20.8 Å². The molecule has 2 aromatic carbocycles. The summed E-state index contributed by atoms with van der Waals surface area (Å²) in [4.78, 5) is 24.3. The van der Waals surface area contributed by atoms with Crippen molar-refractivity contribution in [2.24, 2.45) is 5.10 Å². The zero-order chi connectivity index (χ0) is 21.7. The number of phenols is 1. The molecule has 0 unspecified atom stereocenters. The maximum atomic E-state index is 12.2. The van der Waals surface area contributed by atoms with Crippen LogP contribution in [0.3, 0.4) is 0 Å². The minimum atomic E-state index is -0.499. The Morgan fingerprint density at radius 1 is 1.17 bits per heavy atom. The number of ether oxygens (including phenoxy) is 1. The lowest BCUT2D eigenvalue weighted by molar-refractivity contribution is 0.0953. The fraction of sp³-hybridized carbons (Fsp3) is 0.0500. The molecule has 8 nitrogen and oxygen atoms in total. The summed E-state index contributed by atoms with van der Waals surface area (Å²) >= 11 is 8.94. The van der Waals surface area contributed by atoms with Crippen molar-refractivity contribution in [1.29, 1.82) is 0 Å². The van der Waals surface area contributed by atoms with Crippen LogP contribution in [-0.4, -0.2) is 30.2 Å². The van der Waals surface area contributed by atoms with Crippen molar-refractivity contribution in [2.45, 2.75) is 0 Å². The van der Waals surface area contributed by atoms with Gasteiger partial charge in [-0.3, -0.25) is 9.59 Å². The predicted molar refractivity (Wildman–Crippen MR) is 116 cm³/mol. The molecule has 0 aliphatic heterocycles. The number of rotatable bonds is 6. The predicted octanol–water partition coefficient (Wildman–Crippen LogP) is 4.43. The van der Waals surface area contributed by atoms with E-state index in [2.05, 4.69) is 31.8 Å². The number of halogens is 2. The summed E-state index contributed by atoms with van der Waals surface area (Å²) < 4.78 is 11.0. The molecule has 2 amide bonds. The summed E-state index contributed by atoms with van der Waals surface area (Å²) in [7, 11) is 1.47. The Labute approximate surface area is 184 Å². The van der Waals surface area contributed by atoms with E-state index in [0.717, 1.165) is 0 Å². The number of methoxy groups -OCH3 is 1. The Hall–Kier alpha value is -3.30. The van der Waals surface area contributed by atoms with Crippen molar-refractivity contribution >= 4 is 51.2 Å². The van der Waals surface area contributed by atoms with Gasteiger partial charge in [0.2, 0.25) is 0 Å². The van der Waals surface area contributed by atoms with E-state index in [1.165, 1.54) is 31.5 Å². The average molecular weight is 493 g/mol. The fourth-order valence-electron chi connectivity index (χ4n) is 2.40. The zero-order valence-electron chi connectivity index (χ0n) is 15.5. The van der Waals surface area contributed by atoms with Crippen molar-refractivity contribution in [3.63, 3.8) is 0 Å². The van der Waals surface area contributed by atoms with E-state index in [1.54, 1.807) is 30.3 Å².